The average molecular weight is 1030 g/mol. The standard InChI is InChI=1S/C49H76N12O12/c1-27(2)21-35(57-42(65)32(51)22-30-13-8-7-9-14-30)45(68)55-33(15-10-11-19-50)44(67)56-34(17-18-39(63)64)48(71)61-20-12-16-37(61)46(69)60-40(28(3)4)47(70)58-36(23-31-24-52-26-54-31)43(66)53-25-38(62)59-41(29(5)6)49(72)73/h7-9,13-14,24,26-29,32-37,40-41H,10-12,15-23,25,50-51H2,1-6H3,(H,52,54)(H,53,66)(H,55,68)(H,56,67)(H,57,65)(H,58,70)(H,59,62)(H,60,69)(H,63,64)(H,72,73)/t32-,33-,34-,35-,36-,37-,40-,41-/m0/s1. The molecular weight excluding hydrogens is 949 g/mol. The molecule has 8 amide bonds. The number of rotatable bonds is 31. The summed E-state index contributed by atoms with van der Waals surface area (Å²) in [5.74, 6) is -9.56. The first-order valence-electron chi connectivity index (χ1n) is 24.8. The Morgan fingerprint density at radius 1 is 0.726 bits per heavy atom. The fraction of sp³-hybridized carbons (Fsp3) is 0.612. The maximum absolute atomic E-state index is 14.4. The van der Waals surface area contributed by atoms with Crippen molar-refractivity contribution >= 4 is 59.2 Å². The summed E-state index contributed by atoms with van der Waals surface area (Å²) in [6.45, 7) is 9.91. The Morgan fingerprint density at radius 2 is 1.36 bits per heavy atom. The highest BCUT2D eigenvalue weighted by Crippen LogP contribution is 2.21. The minimum absolute atomic E-state index is 0.0406. The fourth-order valence-corrected chi connectivity index (χ4v) is 8.18. The van der Waals surface area contributed by atoms with Gasteiger partial charge in [-0.15, -0.1) is 0 Å². The lowest BCUT2D eigenvalue weighted by Crippen LogP contribution is -2.60. The van der Waals surface area contributed by atoms with E-state index in [2.05, 4.69) is 47.2 Å². The Hall–Kier alpha value is -6.95. The van der Waals surface area contributed by atoms with E-state index >= 15 is 0 Å². The third-order valence-corrected chi connectivity index (χ3v) is 12.2. The van der Waals surface area contributed by atoms with Gasteiger partial charge in [0.1, 0.15) is 42.3 Å². The lowest BCUT2D eigenvalue weighted by atomic mass is 10.00. The van der Waals surface area contributed by atoms with E-state index in [1.165, 1.54) is 17.4 Å². The number of carbonyl (C=O) groups excluding carboxylic acids is 8. The van der Waals surface area contributed by atoms with Gasteiger partial charge < -0.3 is 68.8 Å². The minimum Gasteiger partial charge on any atom is -0.481 e. The number of aromatic nitrogens is 2. The number of likely N-dealkylation sites (tertiary alicyclic amines) is 1. The molecule has 1 fully saturated rings. The van der Waals surface area contributed by atoms with Gasteiger partial charge in [-0.05, 0) is 81.2 Å². The van der Waals surface area contributed by atoms with Crippen LogP contribution in [-0.4, -0.2) is 152 Å². The third kappa shape index (κ3) is 20.2. The summed E-state index contributed by atoms with van der Waals surface area (Å²) in [6, 6.07) is -0.643. The SMILES string of the molecule is CC(C)C[C@H](NC(=O)[C@@H](N)Cc1ccccc1)C(=O)N[C@@H](CCCCN)C(=O)N[C@@H](CCC(=O)O)C(=O)N1CCC[C@H]1C(=O)N[C@H](C(=O)N[C@@H](Cc1cnc[nH]1)C(=O)NCC(=O)N[C@H](C(=O)O)C(C)C)C(C)C. The normalized spacial score (nSPS) is 16.3. The number of H-pyrrole nitrogens is 1. The van der Waals surface area contributed by atoms with Crippen molar-refractivity contribution in [3.63, 3.8) is 0 Å². The van der Waals surface area contributed by atoms with E-state index in [0.717, 1.165) is 5.56 Å². The van der Waals surface area contributed by atoms with E-state index in [1.807, 2.05) is 44.2 Å². The van der Waals surface area contributed by atoms with Crippen molar-refractivity contribution < 1.29 is 58.2 Å². The molecule has 73 heavy (non-hydrogen) atoms. The second-order valence-electron chi connectivity index (χ2n) is 19.4. The van der Waals surface area contributed by atoms with Crippen LogP contribution < -0.4 is 48.7 Å². The van der Waals surface area contributed by atoms with Gasteiger partial charge in [-0.2, -0.15) is 0 Å². The zero-order valence-corrected chi connectivity index (χ0v) is 42.6. The molecule has 0 aliphatic carbocycles. The molecule has 14 N–H and O–H groups in total. The first kappa shape index (κ1) is 60.4. The molecule has 1 saturated heterocycles. The summed E-state index contributed by atoms with van der Waals surface area (Å²) in [7, 11) is 0. The van der Waals surface area contributed by atoms with E-state index in [9.17, 15) is 58.2 Å². The molecule has 2 aromatic rings. The number of unbranched alkanes of at least 4 members (excludes halogenated alkanes) is 1. The maximum Gasteiger partial charge on any atom is 0.326 e. The van der Waals surface area contributed by atoms with Crippen LogP contribution in [0.2, 0.25) is 0 Å². The number of aliphatic carboxylic acids is 2. The molecule has 404 valence electrons. The molecule has 24 nitrogen and oxygen atoms in total. The van der Waals surface area contributed by atoms with Gasteiger partial charge in [0.15, 0.2) is 0 Å². The maximum atomic E-state index is 14.4. The first-order valence-corrected chi connectivity index (χ1v) is 24.8. The third-order valence-electron chi connectivity index (χ3n) is 12.2. The second-order valence-corrected chi connectivity index (χ2v) is 19.4. The van der Waals surface area contributed by atoms with E-state index in [1.54, 1.807) is 27.7 Å². The van der Waals surface area contributed by atoms with Gasteiger partial charge in [-0.1, -0.05) is 71.9 Å². The molecule has 1 aliphatic rings. The quantitative estimate of drug-likeness (QED) is 0.0402. The van der Waals surface area contributed by atoms with Crippen molar-refractivity contribution in [3.05, 3.63) is 54.1 Å². The number of carboxylic acid groups (broad SMARTS) is 2. The Labute approximate surface area is 425 Å². The van der Waals surface area contributed by atoms with Crippen LogP contribution >= 0.6 is 0 Å². The van der Waals surface area contributed by atoms with Crippen LogP contribution in [0.5, 0.6) is 0 Å². The topological polar surface area (TPSA) is 379 Å². The number of aromatic amines is 1. The molecule has 24 heteroatoms. The predicted molar refractivity (Wildman–Crippen MR) is 266 cm³/mol. The van der Waals surface area contributed by atoms with Crippen molar-refractivity contribution in [2.45, 2.75) is 154 Å². The highest BCUT2D eigenvalue weighted by molar-refractivity contribution is 5.98. The number of benzene rings is 1. The molecule has 3 rings (SSSR count). The summed E-state index contributed by atoms with van der Waals surface area (Å²) < 4.78 is 0. The van der Waals surface area contributed by atoms with Crippen LogP contribution in [0, 0.1) is 17.8 Å². The van der Waals surface area contributed by atoms with Crippen molar-refractivity contribution in [3.8, 4) is 0 Å². The van der Waals surface area contributed by atoms with Crippen molar-refractivity contribution in [1.29, 1.82) is 0 Å². The summed E-state index contributed by atoms with van der Waals surface area (Å²) in [6.07, 6.45) is 3.56. The largest absolute Gasteiger partial charge is 0.481 e. The van der Waals surface area contributed by atoms with Crippen molar-refractivity contribution in [1.82, 2.24) is 52.1 Å². The highest BCUT2D eigenvalue weighted by Gasteiger charge is 2.41. The summed E-state index contributed by atoms with van der Waals surface area (Å²) in [5, 5.41) is 37.3. The van der Waals surface area contributed by atoms with Crippen LogP contribution in [0.15, 0.2) is 42.9 Å². The van der Waals surface area contributed by atoms with Gasteiger partial charge in [-0.25, -0.2) is 9.78 Å². The van der Waals surface area contributed by atoms with Gasteiger partial charge in [0.05, 0.1) is 18.9 Å². The Balaban J connectivity index is 1.80. The molecule has 0 spiro atoms. The summed E-state index contributed by atoms with van der Waals surface area (Å²) >= 11 is 0. The number of imidazole rings is 1. The van der Waals surface area contributed by atoms with Crippen molar-refractivity contribution in [2.75, 3.05) is 19.6 Å². The summed E-state index contributed by atoms with van der Waals surface area (Å²) in [4.78, 5) is 141. The second kappa shape index (κ2) is 30.2. The first-order chi connectivity index (χ1) is 34.5. The van der Waals surface area contributed by atoms with E-state index < -0.39 is 132 Å². The van der Waals surface area contributed by atoms with Crippen molar-refractivity contribution in [2.24, 2.45) is 29.2 Å². The molecule has 2 heterocycles. The smallest absolute Gasteiger partial charge is 0.326 e. The Bertz CT molecular complexity index is 2170. The Morgan fingerprint density at radius 3 is 1.95 bits per heavy atom. The monoisotopic (exact) mass is 1020 g/mol. The zero-order chi connectivity index (χ0) is 54.4. The molecule has 0 radical (unpaired) electrons. The molecule has 1 aromatic carbocycles. The molecule has 1 aromatic heterocycles. The molecule has 0 saturated carbocycles. The number of hydrogen-bond donors (Lipinski definition) is 12. The number of nitrogens with one attached hydrogen (secondary N) is 8. The van der Waals surface area contributed by atoms with Crippen LogP contribution in [0.3, 0.4) is 0 Å². The van der Waals surface area contributed by atoms with Crippen LogP contribution in [-0.2, 0) is 60.8 Å². The molecule has 0 unspecified atom stereocenters. The van der Waals surface area contributed by atoms with Gasteiger partial charge in [0.25, 0.3) is 0 Å². The predicted octanol–water partition coefficient (Wildman–Crippen LogP) is -1.03. The number of carbonyl (C=O) groups is 10. The van der Waals surface area contributed by atoms with E-state index in [-0.39, 0.29) is 57.5 Å². The van der Waals surface area contributed by atoms with Crippen LogP contribution in [0.1, 0.15) is 104 Å². The molecular formula is C49H76N12O12. The van der Waals surface area contributed by atoms with Gasteiger partial charge in [0, 0.05) is 31.3 Å². The molecule has 0 bridgehead atoms. The highest BCUT2D eigenvalue weighted by atomic mass is 16.4. The number of nitrogens with zero attached hydrogens (tertiary/aromatic N) is 2. The number of carboxylic acids is 2. The van der Waals surface area contributed by atoms with Crippen LogP contribution in [0.25, 0.3) is 0 Å². The van der Waals surface area contributed by atoms with E-state index in [0.29, 0.717) is 25.0 Å². The molecule has 8 atom stereocenters. The van der Waals surface area contributed by atoms with Gasteiger partial charge in [0.2, 0.25) is 47.3 Å². The summed E-state index contributed by atoms with van der Waals surface area (Å²) in [5.41, 5.74) is 13.2. The number of amides is 8. The molecule has 1 aliphatic heterocycles. The average Bonchev–Trinajstić information content (AvgIpc) is 4.05. The lowest BCUT2D eigenvalue weighted by molar-refractivity contribution is -0.144. The zero-order valence-electron chi connectivity index (χ0n) is 42.6. The lowest BCUT2D eigenvalue weighted by Gasteiger charge is -2.31. The number of nitrogens with two attached hydrogens (primary N) is 2. The Kier molecular flexibility index (Phi) is 24.9. The number of hydrogen-bond acceptors (Lipinski definition) is 13. The van der Waals surface area contributed by atoms with E-state index in [4.69, 9.17) is 11.5 Å². The fourth-order valence-electron chi connectivity index (χ4n) is 8.18. The van der Waals surface area contributed by atoms with Crippen LogP contribution in [0.4, 0.5) is 0 Å². The van der Waals surface area contributed by atoms with Gasteiger partial charge in [-0.3, -0.25) is 43.2 Å². The van der Waals surface area contributed by atoms with Gasteiger partial charge >= 0.3 is 11.9 Å². The minimum atomic E-state index is -1.47.